The number of aryl methyl sites for hydroxylation is 1. The summed E-state index contributed by atoms with van der Waals surface area (Å²) in [4.78, 5) is 2.65. The third-order valence-electron chi connectivity index (χ3n) is 4.30. The molecule has 1 fully saturated rings. The molecule has 0 spiro atoms. The minimum atomic E-state index is -3.40. The fraction of sp³-hybridized carbons (Fsp3) is 0.333. The highest BCUT2D eigenvalue weighted by Crippen LogP contribution is 2.24. The minimum Gasteiger partial charge on any atom is -0.366 e. The van der Waals surface area contributed by atoms with Crippen LogP contribution in [0.2, 0.25) is 0 Å². The Balaban J connectivity index is 1.79. The van der Waals surface area contributed by atoms with Gasteiger partial charge in [-0.1, -0.05) is 30.3 Å². The Morgan fingerprint density at radius 1 is 1.00 bits per heavy atom. The second kappa shape index (κ2) is 6.34. The largest absolute Gasteiger partial charge is 0.366 e. The molecular weight excluding hydrogens is 308 g/mol. The van der Waals surface area contributed by atoms with E-state index >= 15 is 0 Å². The first-order chi connectivity index (χ1) is 11.0. The first-order valence-corrected chi connectivity index (χ1v) is 9.31. The van der Waals surface area contributed by atoms with Gasteiger partial charge in [0.05, 0.1) is 4.90 Å². The van der Waals surface area contributed by atoms with Gasteiger partial charge < -0.3 is 4.90 Å². The third kappa shape index (κ3) is 3.26. The van der Waals surface area contributed by atoms with Gasteiger partial charge in [-0.2, -0.15) is 4.31 Å². The van der Waals surface area contributed by atoms with Crippen LogP contribution in [0.4, 0.5) is 5.69 Å². The zero-order valence-electron chi connectivity index (χ0n) is 13.5. The molecule has 0 amide bonds. The number of piperazine rings is 1. The van der Waals surface area contributed by atoms with Crippen LogP contribution in [0, 0.1) is 6.92 Å². The lowest BCUT2D eigenvalue weighted by atomic mass is 10.1. The van der Waals surface area contributed by atoms with Gasteiger partial charge >= 0.3 is 0 Å². The van der Waals surface area contributed by atoms with E-state index in [4.69, 9.17) is 0 Å². The van der Waals surface area contributed by atoms with Gasteiger partial charge in [0.2, 0.25) is 10.0 Å². The summed E-state index contributed by atoms with van der Waals surface area (Å²) in [6.45, 7) is 5.87. The Bertz CT molecular complexity index is 775. The molecule has 1 aliphatic heterocycles. The first kappa shape index (κ1) is 16.0. The van der Waals surface area contributed by atoms with Gasteiger partial charge in [-0.3, -0.25) is 0 Å². The average Bonchev–Trinajstić information content (AvgIpc) is 2.55. The van der Waals surface area contributed by atoms with E-state index in [0.717, 1.165) is 5.69 Å². The van der Waals surface area contributed by atoms with Crippen molar-refractivity contribution in [1.29, 1.82) is 0 Å². The molecule has 0 N–H and O–H groups in total. The smallest absolute Gasteiger partial charge is 0.243 e. The number of hydrogen-bond acceptors (Lipinski definition) is 3. The molecule has 1 atom stereocenters. The van der Waals surface area contributed by atoms with E-state index in [9.17, 15) is 8.42 Å². The molecule has 0 bridgehead atoms. The third-order valence-corrected chi connectivity index (χ3v) is 6.18. The Labute approximate surface area is 138 Å². The minimum absolute atomic E-state index is 0.143. The normalized spacial score (nSPS) is 19.7. The molecular formula is C18H22N2O2S. The predicted octanol–water partition coefficient (Wildman–Crippen LogP) is 2.89. The molecule has 4 nitrogen and oxygen atoms in total. The lowest BCUT2D eigenvalue weighted by molar-refractivity contribution is 0.342. The average molecular weight is 330 g/mol. The quantitative estimate of drug-likeness (QED) is 0.869. The molecule has 1 unspecified atom stereocenters. The van der Waals surface area contributed by atoms with Gasteiger partial charge in [-0.15, -0.1) is 0 Å². The molecule has 122 valence electrons. The molecule has 5 heteroatoms. The number of nitrogens with zero attached hydrogens (tertiary/aromatic N) is 2. The summed E-state index contributed by atoms with van der Waals surface area (Å²) in [5.41, 5.74) is 2.38. The van der Waals surface area contributed by atoms with Crippen LogP contribution in [0.3, 0.4) is 0 Å². The number of anilines is 1. The van der Waals surface area contributed by atoms with Crippen LogP contribution in [-0.4, -0.2) is 38.4 Å². The summed E-state index contributed by atoms with van der Waals surface area (Å²) in [6.07, 6.45) is 0. The summed E-state index contributed by atoms with van der Waals surface area (Å²) < 4.78 is 27.1. The van der Waals surface area contributed by atoms with Crippen molar-refractivity contribution in [3.05, 3.63) is 60.2 Å². The van der Waals surface area contributed by atoms with Crippen LogP contribution in [0.25, 0.3) is 0 Å². The van der Waals surface area contributed by atoms with Gasteiger partial charge in [-0.25, -0.2) is 8.42 Å². The molecule has 0 saturated carbocycles. The molecule has 1 saturated heterocycles. The molecule has 0 aliphatic carbocycles. The van der Waals surface area contributed by atoms with Crippen LogP contribution in [0.5, 0.6) is 0 Å². The fourth-order valence-electron chi connectivity index (χ4n) is 3.07. The molecule has 2 aromatic carbocycles. The molecule has 0 radical (unpaired) electrons. The van der Waals surface area contributed by atoms with Crippen molar-refractivity contribution in [3.63, 3.8) is 0 Å². The van der Waals surface area contributed by atoms with Crippen LogP contribution in [0.15, 0.2) is 59.5 Å². The number of benzene rings is 2. The Kier molecular flexibility index (Phi) is 4.41. The van der Waals surface area contributed by atoms with Crippen molar-refractivity contribution >= 4 is 15.7 Å². The van der Waals surface area contributed by atoms with Gasteiger partial charge in [0.15, 0.2) is 0 Å². The maximum atomic E-state index is 12.7. The number of hydrogen-bond donors (Lipinski definition) is 0. The standard InChI is InChI=1S/C18H22N2O2S/c1-15-7-6-8-17(13-15)20-12-11-19(14-16(20)2)23(21,22)18-9-4-3-5-10-18/h3-10,13,16H,11-12,14H2,1-2H3. The van der Waals surface area contributed by atoms with E-state index in [-0.39, 0.29) is 6.04 Å². The predicted molar refractivity (Wildman–Crippen MR) is 93.2 cm³/mol. The lowest BCUT2D eigenvalue weighted by Gasteiger charge is -2.40. The van der Waals surface area contributed by atoms with Crippen LogP contribution in [0.1, 0.15) is 12.5 Å². The lowest BCUT2D eigenvalue weighted by Crippen LogP contribution is -2.53. The van der Waals surface area contributed by atoms with Crippen molar-refractivity contribution in [2.45, 2.75) is 24.8 Å². The Morgan fingerprint density at radius 3 is 2.39 bits per heavy atom. The summed E-state index contributed by atoms with van der Waals surface area (Å²) in [7, 11) is -3.40. The van der Waals surface area contributed by atoms with Crippen molar-refractivity contribution in [3.8, 4) is 0 Å². The summed E-state index contributed by atoms with van der Waals surface area (Å²) in [6, 6.07) is 17.2. The molecule has 0 aromatic heterocycles. The van der Waals surface area contributed by atoms with Gasteiger partial charge in [0.25, 0.3) is 0 Å². The van der Waals surface area contributed by atoms with Crippen molar-refractivity contribution in [1.82, 2.24) is 4.31 Å². The fourth-order valence-corrected chi connectivity index (χ4v) is 4.61. The maximum Gasteiger partial charge on any atom is 0.243 e. The van der Waals surface area contributed by atoms with Crippen molar-refractivity contribution < 1.29 is 8.42 Å². The highest BCUT2D eigenvalue weighted by Gasteiger charge is 2.32. The number of rotatable bonds is 3. The Hall–Kier alpha value is -1.85. The zero-order chi connectivity index (χ0) is 16.4. The van der Waals surface area contributed by atoms with Crippen LogP contribution in [-0.2, 0) is 10.0 Å². The first-order valence-electron chi connectivity index (χ1n) is 7.87. The molecule has 1 heterocycles. The molecule has 1 aliphatic rings. The molecule has 23 heavy (non-hydrogen) atoms. The van der Waals surface area contributed by atoms with Gasteiger partial charge in [0, 0.05) is 31.4 Å². The highest BCUT2D eigenvalue weighted by atomic mass is 32.2. The van der Waals surface area contributed by atoms with Gasteiger partial charge in [-0.05, 0) is 43.7 Å². The van der Waals surface area contributed by atoms with Crippen molar-refractivity contribution in [2.24, 2.45) is 0 Å². The zero-order valence-corrected chi connectivity index (χ0v) is 14.3. The highest BCUT2D eigenvalue weighted by molar-refractivity contribution is 7.89. The summed E-state index contributed by atoms with van der Waals surface area (Å²) in [5.74, 6) is 0. The maximum absolute atomic E-state index is 12.7. The molecule has 2 aromatic rings. The van der Waals surface area contributed by atoms with E-state index in [1.54, 1.807) is 28.6 Å². The Morgan fingerprint density at radius 2 is 1.74 bits per heavy atom. The van der Waals surface area contributed by atoms with E-state index in [2.05, 4.69) is 36.9 Å². The van der Waals surface area contributed by atoms with E-state index < -0.39 is 10.0 Å². The monoisotopic (exact) mass is 330 g/mol. The van der Waals surface area contributed by atoms with Crippen LogP contribution >= 0.6 is 0 Å². The number of sulfonamides is 1. The van der Waals surface area contributed by atoms with E-state index in [0.29, 0.717) is 24.5 Å². The summed E-state index contributed by atoms with van der Waals surface area (Å²) in [5, 5.41) is 0. The van der Waals surface area contributed by atoms with E-state index in [1.165, 1.54) is 5.56 Å². The SMILES string of the molecule is Cc1cccc(N2CCN(S(=O)(=O)c3ccccc3)CC2C)c1. The van der Waals surface area contributed by atoms with Gasteiger partial charge in [0.1, 0.15) is 0 Å². The second-order valence-electron chi connectivity index (χ2n) is 6.06. The topological polar surface area (TPSA) is 40.6 Å². The second-order valence-corrected chi connectivity index (χ2v) is 8.00. The summed E-state index contributed by atoms with van der Waals surface area (Å²) >= 11 is 0. The molecule has 3 rings (SSSR count). The van der Waals surface area contributed by atoms with Crippen molar-refractivity contribution in [2.75, 3.05) is 24.5 Å². The van der Waals surface area contributed by atoms with Crippen LogP contribution < -0.4 is 4.90 Å². The van der Waals surface area contributed by atoms with E-state index in [1.807, 2.05) is 12.1 Å².